The second kappa shape index (κ2) is 9.27. The highest BCUT2D eigenvalue weighted by Crippen LogP contribution is 2.43. The highest BCUT2D eigenvalue weighted by Gasteiger charge is 2.38. The standard InChI is InChI=1S/C28H28ClN3O3/c1-18-16-26(32(19(2)33)22-11-9-21(29)10-12-22)23-6-4-5-7-24(23)31(18)28(34)20-8-13-25-27(17-20)35-15-14-30(25)3/h4-13,17-18,26H,14-16H2,1-3H3. The first-order valence-electron chi connectivity index (χ1n) is 11.8. The third-order valence-electron chi connectivity index (χ3n) is 6.84. The molecule has 6 nitrogen and oxygen atoms in total. The number of hydrogen-bond acceptors (Lipinski definition) is 4. The van der Waals surface area contributed by atoms with Crippen LogP contribution in [0, 0.1) is 0 Å². The molecule has 0 N–H and O–H groups in total. The van der Waals surface area contributed by atoms with Crippen molar-refractivity contribution in [1.29, 1.82) is 0 Å². The van der Waals surface area contributed by atoms with Gasteiger partial charge in [-0.05, 0) is 67.4 Å². The van der Waals surface area contributed by atoms with Crippen molar-refractivity contribution in [3.63, 3.8) is 0 Å². The van der Waals surface area contributed by atoms with Crippen LogP contribution in [0.4, 0.5) is 17.1 Å². The maximum Gasteiger partial charge on any atom is 0.258 e. The highest BCUT2D eigenvalue weighted by molar-refractivity contribution is 6.30. The van der Waals surface area contributed by atoms with Gasteiger partial charge in [-0.25, -0.2) is 0 Å². The van der Waals surface area contributed by atoms with Gasteiger partial charge < -0.3 is 19.4 Å². The Hall–Kier alpha value is -3.51. The first-order valence-corrected chi connectivity index (χ1v) is 12.2. The maximum atomic E-state index is 13.8. The number of fused-ring (bicyclic) bond motifs is 2. The fourth-order valence-electron chi connectivity index (χ4n) is 5.15. The van der Waals surface area contributed by atoms with Gasteiger partial charge in [0.15, 0.2) is 0 Å². The minimum Gasteiger partial charge on any atom is -0.490 e. The zero-order valence-electron chi connectivity index (χ0n) is 20.1. The van der Waals surface area contributed by atoms with Crippen LogP contribution in [0.3, 0.4) is 0 Å². The van der Waals surface area contributed by atoms with Crippen LogP contribution in [0.5, 0.6) is 5.75 Å². The lowest BCUT2D eigenvalue weighted by Gasteiger charge is -2.43. The number of ether oxygens (including phenoxy) is 1. The van der Waals surface area contributed by atoms with Gasteiger partial charge in [0.25, 0.3) is 5.91 Å². The minimum atomic E-state index is -0.204. The van der Waals surface area contributed by atoms with Crippen molar-refractivity contribution in [1.82, 2.24) is 0 Å². The number of anilines is 3. The van der Waals surface area contributed by atoms with Crippen molar-refractivity contribution < 1.29 is 14.3 Å². The topological polar surface area (TPSA) is 53.1 Å². The molecule has 0 fully saturated rings. The zero-order valence-corrected chi connectivity index (χ0v) is 20.8. The number of benzene rings is 3. The Morgan fingerprint density at radius 2 is 1.77 bits per heavy atom. The largest absolute Gasteiger partial charge is 0.490 e. The SMILES string of the molecule is CC(=O)N(c1ccc(Cl)cc1)C1CC(C)N(C(=O)c2ccc3c(c2)OCCN3C)c2ccccc21. The van der Waals surface area contributed by atoms with Gasteiger partial charge in [0.05, 0.1) is 18.3 Å². The summed E-state index contributed by atoms with van der Waals surface area (Å²) in [5, 5.41) is 0.617. The van der Waals surface area contributed by atoms with Crippen LogP contribution < -0.4 is 19.4 Å². The van der Waals surface area contributed by atoms with E-state index in [0.717, 1.165) is 34.9 Å². The van der Waals surface area contributed by atoms with Crippen molar-refractivity contribution in [2.45, 2.75) is 32.4 Å². The fraction of sp³-hybridized carbons (Fsp3) is 0.286. The van der Waals surface area contributed by atoms with Gasteiger partial charge >= 0.3 is 0 Å². The molecule has 2 atom stereocenters. The third-order valence-corrected chi connectivity index (χ3v) is 7.09. The van der Waals surface area contributed by atoms with Gasteiger partial charge in [-0.3, -0.25) is 9.59 Å². The summed E-state index contributed by atoms with van der Waals surface area (Å²) >= 11 is 6.09. The van der Waals surface area contributed by atoms with E-state index in [1.54, 1.807) is 24.0 Å². The van der Waals surface area contributed by atoms with Crippen LogP contribution in [0.25, 0.3) is 0 Å². The van der Waals surface area contributed by atoms with Crippen LogP contribution >= 0.6 is 11.6 Å². The van der Waals surface area contributed by atoms with E-state index in [1.807, 2.05) is 73.5 Å². The van der Waals surface area contributed by atoms with Crippen molar-refractivity contribution in [3.8, 4) is 5.75 Å². The summed E-state index contributed by atoms with van der Waals surface area (Å²) in [4.78, 5) is 32.4. The molecule has 3 aromatic carbocycles. The van der Waals surface area contributed by atoms with E-state index in [9.17, 15) is 9.59 Å². The molecule has 0 saturated heterocycles. The second-order valence-corrected chi connectivity index (χ2v) is 9.59. The average Bonchev–Trinajstić information content (AvgIpc) is 2.85. The molecular formula is C28H28ClN3O3. The molecule has 0 spiro atoms. The Bertz CT molecular complexity index is 1280. The molecule has 2 heterocycles. The van der Waals surface area contributed by atoms with Crippen LogP contribution in [-0.2, 0) is 4.79 Å². The van der Waals surface area contributed by atoms with E-state index in [1.165, 1.54) is 0 Å². The summed E-state index contributed by atoms with van der Waals surface area (Å²) in [6, 6.07) is 20.5. The van der Waals surface area contributed by atoms with Crippen molar-refractivity contribution >= 4 is 40.5 Å². The number of likely N-dealkylation sites (N-methyl/N-ethyl adjacent to an activating group) is 1. The maximum absolute atomic E-state index is 13.8. The summed E-state index contributed by atoms with van der Waals surface area (Å²) in [6.07, 6.45) is 0.606. The van der Waals surface area contributed by atoms with Gasteiger partial charge in [0, 0.05) is 42.0 Å². The normalized spacial score (nSPS) is 18.9. The number of hydrogen-bond donors (Lipinski definition) is 0. The molecule has 5 rings (SSSR count). The van der Waals surface area contributed by atoms with E-state index in [0.29, 0.717) is 23.6 Å². The van der Waals surface area contributed by atoms with Crippen LogP contribution in [0.1, 0.15) is 42.2 Å². The Kier molecular flexibility index (Phi) is 6.15. The molecule has 0 bridgehead atoms. The number of nitrogens with zero attached hydrogens (tertiary/aromatic N) is 3. The van der Waals surface area contributed by atoms with Crippen LogP contribution in [0.2, 0.25) is 5.02 Å². The number of halogens is 1. The zero-order chi connectivity index (χ0) is 24.7. The van der Waals surface area contributed by atoms with Crippen LogP contribution in [-0.4, -0.2) is 38.1 Å². The predicted molar refractivity (Wildman–Crippen MR) is 140 cm³/mol. The van der Waals surface area contributed by atoms with Gasteiger partial charge in [0.1, 0.15) is 12.4 Å². The first-order chi connectivity index (χ1) is 16.8. The lowest BCUT2D eigenvalue weighted by atomic mass is 9.89. The molecule has 180 valence electrons. The van der Waals surface area contributed by atoms with E-state index in [-0.39, 0.29) is 23.9 Å². The highest BCUT2D eigenvalue weighted by atomic mass is 35.5. The smallest absolute Gasteiger partial charge is 0.258 e. The molecule has 3 aromatic rings. The van der Waals surface area contributed by atoms with Gasteiger partial charge in [-0.1, -0.05) is 29.8 Å². The Morgan fingerprint density at radius 3 is 2.51 bits per heavy atom. The van der Waals surface area contributed by atoms with Crippen LogP contribution in [0.15, 0.2) is 66.7 Å². The van der Waals surface area contributed by atoms with Crippen molar-refractivity contribution in [2.75, 3.05) is 34.9 Å². The third kappa shape index (κ3) is 4.23. The molecule has 0 radical (unpaired) electrons. The number of rotatable bonds is 3. The Labute approximate surface area is 210 Å². The first kappa shape index (κ1) is 23.2. The van der Waals surface area contributed by atoms with E-state index in [2.05, 4.69) is 4.90 Å². The lowest BCUT2D eigenvalue weighted by molar-refractivity contribution is -0.117. The molecule has 2 aliphatic heterocycles. The molecule has 0 saturated carbocycles. The summed E-state index contributed by atoms with van der Waals surface area (Å²) in [6.45, 7) is 5.02. The molecule has 0 aliphatic carbocycles. The van der Waals surface area contributed by atoms with Crippen molar-refractivity contribution in [2.24, 2.45) is 0 Å². The number of para-hydroxylation sites is 1. The van der Waals surface area contributed by atoms with E-state index < -0.39 is 0 Å². The van der Waals surface area contributed by atoms with Gasteiger partial charge in [-0.15, -0.1) is 0 Å². The molecule has 0 aromatic heterocycles. The summed E-state index contributed by atoms with van der Waals surface area (Å²) < 4.78 is 5.83. The predicted octanol–water partition coefficient (Wildman–Crippen LogP) is 5.70. The summed E-state index contributed by atoms with van der Waals surface area (Å²) in [5.41, 5.74) is 4.11. The quantitative estimate of drug-likeness (QED) is 0.473. The Balaban J connectivity index is 1.53. The van der Waals surface area contributed by atoms with Gasteiger partial charge in [-0.2, -0.15) is 0 Å². The van der Waals surface area contributed by atoms with E-state index in [4.69, 9.17) is 16.3 Å². The molecule has 2 aliphatic rings. The average molecular weight is 490 g/mol. The number of carbonyl (C=O) groups excluding carboxylic acids is 2. The number of amides is 2. The van der Waals surface area contributed by atoms with E-state index >= 15 is 0 Å². The molecule has 35 heavy (non-hydrogen) atoms. The molecule has 7 heteroatoms. The number of carbonyl (C=O) groups is 2. The molecular weight excluding hydrogens is 462 g/mol. The second-order valence-electron chi connectivity index (χ2n) is 9.15. The lowest BCUT2D eigenvalue weighted by Crippen LogP contribution is -2.47. The molecule has 2 amide bonds. The Morgan fingerprint density at radius 1 is 1.03 bits per heavy atom. The monoisotopic (exact) mass is 489 g/mol. The fourth-order valence-corrected chi connectivity index (χ4v) is 5.27. The molecule has 2 unspecified atom stereocenters. The van der Waals surface area contributed by atoms with Gasteiger partial charge in [0.2, 0.25) is 5.91 Å². The summed E-state index contributed by atoms with van der Waals surface area (Å²) in [5.74, 6) is 0.588. The summed E-state index contributed by atoms with van der Waals surface area (Å²) in [7, 11) is 2.02. The minimum absolute atomic E-state index is 0.0601. The van der Waals surface area contributed by atoms with Crippen molar-refractivity contribution in [3.05, 3.63) is 82.9 Å².